The summed E-state index contributed by atoms with van der Waals surface area (Å²) in [4.78, 5) is 17.1. The zero-order valence-electron chi connectivity index (χ0n) is 8.89. The van der Waals surface area contributed by atoms with Crippen molar-refractivity contribution in [2.75, 3.05) is 13.1 Å². The van der Waals surface area contributed by atoms with Crippen LogP contribution in [0, 0.1) is 0 Å². The second kappa shape index (κ2) is 4.18. The molecule has 16 heavy (non-hydrogen) atoms. The van der Waals surface area contributed by atoms with Crippen LogP contribution in [0.4, 0.5) is 0 Å². The van der Waals surface area contributed by atoms with Gasteiger partial charge in [-0.2, -0.15) is 5.10 Å². The summed E-state index contributed by atoms with van der Waals surface area (Å²) in [6.45, 7) is 2.03. The van der Waals surface area contributed by atoms with Gasteiger partial charge in [0.25, 0.3) is 0 Å². The van der Waals surface area contributed by atoms with Crippen molar-refractivity contribution in [2.24, 2.45) is 0 Å². The summed E-state index contributed by atoms with van der Waals surface area (Å²) in [7, 11) is 0. The quantitative estimate of drug-likeness (QED) is 0.634. The van der Waals surface area contributed by atoms with Gasteiger partial charge in [0, 0.05) is 13.1 Å². The van der Waals surface area contributed by atoms with E-state index in [-0.39, 0.29) is 19.0 Å². The van der Waals surface area contributed by atoms with Crippen molar-refractivity contribution in [3.8, 4) is 0 Å². The Kier molecular flexibility index (Phi) is 2.88. The smallest absolute Gasteiger partial charge is 0.247 e. The monoisotopic (exact) mass is 226 g/mol. The molecule has 1 unspecified atom stereocenters. The lowest BCUT2D eigenvalue weighted by atomic mass is 10.3. The predicted octanol–water partition coefficient (Wildman–Crippen LogP) is -1.60. The van der Waals surface area contributed by atoms with Gasteiger partial charge in [0.15, 0.2) is 0 Å². The highest BCUT2D eigenvalue weighted by Gasteiger charge is 2.34. The number of likely N-dealkylation sites (tertiary alicyclic amines) is 1. The highest BCUT2D eigenvalue weighted by Crippen LogP contribution is 2.15. The van der Waals surface area contributed by atoms with Crippen molar-refractivity contribution in [3.05, 3.63) is 12.7 Å². The first kappa shape index (κ1) is 11.0. The molecular weight excluding hydrogens is 212 g/mol. The molecule has 1 aliphatic rings. The predicted molar refractivity (Wildman–Crippen MR) is 53.3 cm³/mol. The largest absolute Gasteiger partial charge is 0.388 e. The van der Waals surface area contributed by atoms with Gasteiger partial charge in [0.1, 0.15) is 18.7 Å². The maximum Gasteiger partial charge on any atom is 0.247 e. The maximum absolute atomic E-state index is 11.9. The number of aliphatic hydroxyl groups excluding tert-OH is 2. The Morgan fingerprint density at radius 2 is 2.06 bits per heavy atom. The van der Waals surface area contributed by atoms with Crippen LogP contribution in [0.1, 0.15) is 13.0 Å². The minimum atomic E-state index is -0.855. The molecule has 0 bridgehead atoms. The van der Waals surface area contributed by atoms with Gasteiger partial charge in [-0.15, -0.1) is 0 Å². The van der Waals surface area contributed by atoms with Crippen LogP contribution in [0.25, 0.3) is 0 Å². The summed E-state index contributed by atoms with van der Waals surface area (Å²) in [5.41, 5.74) is 0. The van der Waals surface area contributed by atoms with Crippen LogP contribution < -0.4 is 0 Å². The van der Waals surface area contributed by atoms with E-state index in [9.17, 15) is 15.0 Å². The Labute approximate surface area is 92.3 Å². The lowest BCUT2D eigenvalue weighted by Gasteiger charge is -2.20. The lowest BCUT2D eigenvalue weighted by Crippen LogP contribution is -2.35. The number of carbonyl (C=O) groups excluding carboxylic acids is 1. The van der Waals surface area contributed by atoms with Crippen molar-refractivity contribution in [2.45, 2.75) is 25.2 Å². The molecular formula is C9H14N4O3. The fourth-order valence-electron chi connectivity index (χ4n) is 1.74. The van der Waals surface area contributed by atoms with Gasteiger partial charge in [0.05, 0.1) is 12.2 Å². The summed E-state index contributed by atoms with van der Waals surface area (Å²) in [5, 5.41) is 22.6. The number of rotatable bonds is 2. The molecule has 2 rings (SSSR count). The molecule has 1 aromatic rings. The van der Waals surface area contributed by atoms with Crippen LogP contribution in [-0.2, 0) is 4.79 Å². The second-order valence-electron chi connectivity index (χ2n) is 3.93. The average Bonchev–Trinajstić information content (AvgIpc) is 2.87. The molecule has 7 heteroatoms. The number of aromatic nitrogens is 3. The highest BCUT2D eigenvalue weighted by molar-refractivity contribution is 5.80. The number of carbonyl (C=O) groups is 1. The second-order valence-corrected chi connectivity index (χ2v) is 3.93. The Morgan fingerprint density at radius 3 is 2.56 bits per heavy atom. The van der Waals surface area contributed by atoms with Crippen molar-refractivity contribution in [3.63, 3.8) is 0 Å². The summed E-state index contributed by atoms with van der Waals surface area (Å²) in [6.07, 6.45) is 1.11. The molecule has 1 aliphatic heterocycles. The zero-order chi connectivity index (χ0) is 11.7. The number of hydrogen-bond donors (Lipinski definition) is 2. The van der Waals surface area contributed by atoms with Crippen LogP contribution in [0.3, 0.4) is 0 Å². The molecule has 0 saturated carbocycles. The molecule has 2 N–H and O–H groups in total. The summed E-state index contributed by atoms with van der Waals surface area (Å²) >= 11 is 0. The molecule has 0 aromatic carbocycles. The van der Waals surface area contributed by atoms with E-state index in [1.54, 1.807) is 6.92 Å². The number of hydrogen-bond acceptors (Lipinski definition) is 5. The van der Waals surface area contributed by atoms with Gasteiger partial charge in [-0.25, -0.2) is 9.67 Å². The fraction of sp³-hybridized carbons (Fsp3) is 0.667. The van der Waals surface area contributed by atoms with Gasteiger partial charge in [-0.05, 0) is 6.92 Å². The summed E-state index contributed by atoms with van der Waals surface area (Å²) in [5.74, 6) is -0.180. The van der Waals surface area contributed by atoms with Crippen LogP contribution in [0.2, 0.25) is 0 Å². The standard InChI is InChI=1S/C9H14N4O3/c1-6(13-5-10-4-11-13)9(16)12-2-7(14)8(15)3-12/h4-8,14-15H,2-3H2,1H3/t6?,7-,8+. The average molecular weight is 226 g/mol. The Bertz CT molecular complexity index is 357. The molecule has 1 aromatic heterocycles. The van der Waals surface area contributed by atoms with E-state index in [0.717, 1.165) is 0 Å². The Morgan fingerprint density at radius 1 is 1.44 bits per heavy atom. The molecule has 2 heterocycles. The molecule has 0 radical (unpaired) electrons. The third-order valence-corrected chi connectivity index (χ3v) is 2.76. The number of amides is 1. The van der Waals surface area contributed by atoms with E-state index in [4.69, 9.17) is 0 Å². The molecule has 1 saturated heterocycles. The van der Waals surface area contributed by atoms with E-state index >= 15 is 0 Å². The van der Waals surface area contributed by atoms with Gasteiger partial charge in [0.2, 0.25) is 5.91 Å². The van der Waals surface area contributed by atoms with E-state index in [0.29, 0.717) is 0 Å². The van der Waals surface area contributed by atoms with Crippen molar-refractivity contribution < 1.29 is 15.0 Å². The van der Waals surface area contributed by atoms with Gasteiger partial charge >= 0.3 is 0 Å². The van der Waals surface area contributed by atoms with E-state index in [1.807, 2.05) is 0 Å². The summed E-state index contributed by atoms with van der Waals surface area (Å²) in [6, 6.07) is -0.472. The molecule has 7 nitrogen and oxygen atoms in total. The number of β-amino-alcohol motifs (C(OH)–C–C–N with tert-alkyl or cyclic N) is 2. The SMILES string of the molecule is CC(C(=O)N1C[C@@H](O)[C@@H](O)C1)n1cncn1. The van der Waals surface area contributed by atoms with Crippen molar-refractivity contribution in [1.29, 1.82) is 0 Å². The molecule has 3 atom stereocenters. The maximum atomic E-state index is 11.9. The first-order chi connectivity index (χ1) is 7.59. The number of nitrogens with zero attached hydrogens (tertiary/aromatic N) is 4. The van der Waals surface area contributed by atoms with Gasteiger partial charge < -0.3 is 15.1 Å². The number of aliphatic hydroxyl groups is 2. The topological polar surface area (TPSA) is 91.5 Å². The third-order valence-electron chi connectivity index (χ3n) is 2.76. The highest BCUT2D eigenvalue weighted by atomic mass is 16.3. The molecule has 0 aliphatic carbocycles. The Balaban J connectivity index is 2.03. The third kappa shape index (κ3) is 1.91. The lowest BCUT2D eigenvalue weighted by molar-refractivity contribution is -0.134. The molecule has 88 valence electrons. The van der Waals surface area contributed by atoms with Crippen LogP contribution in [-0.4, -0.2) is 61.1 Å². The fourth-order valence-corrected chi connectivity index (χ4v) is 1.74. The van der Waals surface area contributed by atoms with E-state index in [2.05, 4.69) is 10.1 Å². The molecule has 1 amide bonds. The first-order valence-corrected chi connectivity index (χ1v) is 5.08. The Hall–Kier alpha value is -1.47. The molecule has 1 fully saturated rings. The normalized spacial score (nSPS) is 27.1. The minimum Gasteiger partial charge on any atom is -0.388 e. The molecule has 0 spiro atoms. The van der Waals surface area contributed by atoms with Crippen LogP contribution >= 0.6 is 0 Å². The first-order valence-electron chi connectivity index (χ1n) is 5.08. The van der Waals surface area contributed by atoms with Crippen LogP contribution in [0.15, 0.2) is 12.7 Å². The van der Waals surface area contributed by atoms with Crippen LogP contribution in [0.5, 0.6) is 0 Å². The van der Waals surface area contributed by atoms with E-state index < -0.39 is 18.2 Å². The van der Waals surface area contributed by atoms with Gasteiger partial charge in [-0.3, -0.25) is 4.79 Å². The van der Waals surface area contributed by atoms with Gasteiger partial charge in [-0.1, -0.05) is 0 Å². The van der Waals surface area contributed by atoms with Crippen molar-refractivity contribution in [1.82, 2.24) is 19.7 Å². The summed E-state index contributed by atoms with van der Waals surface area (Å²) < 4.78 is 1.44. The zero-order valence-corrected chi connectivity index (χ0v) is 8.89. The van der Waals surface area contributed by atoms with Crippen molar-refractivity contribution >= 4 is 5.91 Å². The van der Waals surface area contributed by atoms with E-state index in [1.165, 1.54) is 22.2 Å². The minimum absolute atomic E-state index is 0.166.